The third kappa shape index (κ3) is 2.42. The smallest absolute Gasteiger partial charge is 0.323 e. The summed E-state index contributed by atoms with van der Waals surface area (Å²) >= 11 is 0. The fraction of sp³-hybridized carbons (Fsp3) is 0.467. The Morgan fingerprint density at radius 1 is 1.17 bits per heavy atom. The number of sulfonamides is 1. The second-order valence-corrected chi connectivity index (χ2v) is 8.30. The first-order chi connectivity index (χ1) is 10.8. The second-order valence-electron chi connectivity index (χ2n) is 6.14. The summed E-state index contributed by atoms with van der Waals surface area (Å²) in [6.45, 7) is 0. The molecule has 0 bridgehead atoms. The number of nitrogens with zero attached hydrogens (tertiary/aromatic N) is 2. The van der Waals surface area contributed by atoms with Gasteiger partial charge in [-0.25, -0.2) is 22.4 Å². The van der Waals surface area contributed by atoms with Crippen molar-refractivity contribution in [3.8, 4) is 0 Å². The summed E-state index contributed by atoms with van der Waals surface area (Å²) in [6.07, 6.45) is 3.05. The maximum atomic E-state index is 12.7. The van der Waals surface area contributed by atoms with Gasteiger partial charge in [-0.3, -0.25) is 4.79 Å². The highest BCUT2D eigenvalue weighted by molar-refractivity contribution is 7.89. The van der Waals surface area contributed by atoms with Gasteiger partial charge in [0, 0.05) is 14.1 Å². The van der Waals surface area contributed by atoms with Crippen LogP contribution in [0.3, 0.4) is 0 Å². The third-order valence-corrected chi connectivity index (χ3v) is 6.28. The lowest BCUT2D eigenvalue weighted by molar-refractivity contribution is -0.121. The molecule has 0 atom stereocenters. The molecule has 1 aromatic carbocycles. The molecular weight excluding hydrogens is 318 g/mol. The van der Waals surface area contributed by atoms with E-state index in [9.17, 15) is 18.0 Å². The molecule has 3 amide bonds. The van der Waals surface area contributed by atoms with Gasteiger partial charge in [0.25, 0.3) is 5.91 Å². The zero-order chi connectivity index (χ0) is 16.8. The van der Waals surface area contributed by atoms with Gasteiger partial charge in [-0.15, -0.1) is 0 Å². The van der Waals surface area contributed by atoms with Crippen LogP contribution in [0, 0.1) is 0 Å². The minimum absolute atomic E-state index is 0.0490. The van der Waals surface area contributed by atoms with E-state index in [1.807, 2.05) is 0 Å². The Kier molecular flexibility index (Phi) is 3.68. The number of hydrogen-bond acceptors (Lipinski definition) is 4. The number of imide groups is 1. The van der Waals surface area contributed by atoms with E-state index in [4.69, 9.17) is 0 Å². The van der Waals surface area contributed by atoms with Gasteiger partial charge in [-0.05, 0) is 31.0 Å². The van der Waals surface area contributed by atoms with Crippen LogP contribution in [0.5, 0.6) is 0 Å². The topological polar surface area (TPSA) is 86.8 Å². The van der Waals surface area contributed by atoms with Gasteiger partial charge in [-0.1, -0.05) is 18.9 Å². The first-order valence-corrected chi connectivity index (χ1v) is 8.91. The molecule has 1 aromatic rings. The molecule has 124 valence electrons. The van der Waals surface area contributed by atoms with Crippen LogP contribution in [0.1, 0.15) is 25.7 Å². The van der Waals surface area contributed by atoms with Crippen molar-refractivity contribution in [2.75, 3.05) is 19.0 Å². The Morgan fingerprint density at radius 2 is 1.83 bits per heavy atom. The zero-order valence-corrected chi connectivity index (χ0v) is 13.9. The van der Waals surface area contributed by atoms with Gasteiger partial charge < -0.3 is 5.32 Å². The van der Waals surface area contributed by atoms with Crippen LogP contribution in [-0.4, -0.2) is 44.3 Å². The molecule has 2 aliphatic rings. The molecule has 0 radical (unpaired) electrons. The van der Waals surface area contributed by atoms with Gasteiger partial charge in [0.15, 0.2) is 0 Å². The molecule has 1 saturated heterocycles. The molecule has 1 saturated carbocycles. The number of urea groups is 1. The van der Waals surface area contributed by atoms with Gasteiger partial charge in [0.05, 0.1) is 10.6 Å². The van der Waals surface area contributed by atoms with E-state index in [0.717, 1.165) is 22.0 Å². The highest BCUT2D eigenvalue weighted by atomic mass is 32.2. The summed E-state index contributed by atoms with van der Waals surface area (Å²) in [4.78, 5) is 26.1. The van der Waals surface area contributed by atoms with E-state index in [2.05, 4.69) is 5.32 Å². The van der Waals surface area contributed by atoms with Crippen molar-refractivity contribution in [1.29, 1.82) is 0 Å². The molecule has 1 aliphatic heterocycles. The predicted molar refractivity (Wildman–Crippen MR) is 84.5 cm³/mol. The number of amides is 3. The highest BCUT2D eigenvalue weighted by Gasteiger charge is 2.52. The van der Waals surface area contributed by atoms with E-state index in [1.54, 1.807) is 6.07 Å². The van der Waals surface area contributed by atoms with Gasteiger partial charge in [0.2, 0.25) is 10.0 Å². The third-order valence-electron chi connectivity index (χ3n) is 4.47. The lowest BCUT2D eigenvalue weighted by atomic mass is 9.98. The monoisotopic (exact) mass is 337 g/mol. The van der Waals surface area contributed by atoms with E-state index >= 15 is 0 Å². The van der Waals surface area contributed by atoms with Gasteiger partial charge in [0.1, 0.15) is 5.54 Å². The van der Waals surface area contributed by atoms with Crippen LogP contribution in [0.4, 0.5) is 10.5 Å². The van der Waals surface area contributed by atoms with Crippen molar-refractivity contribution in [1.82, 2.24) is 9.62 Å². The Bertz CT molecular complexity index is 767. The van der Waals surface area contributed by atoms with Crippen molar-refractivity contribution in [2.45, 2.75) is 36.1 Å². The Hall–Kier alpha value is -1.93. The fourth-order valence-corrected chi connectivity index (χ4v) is 4.11. The minimum Gasteiger partial charge on any atom is -0.323 e. The Labute approximate surface area is 135 Å². The summed E-state index contributed by atoms with van der Waals surface area (Å²) in [6, 6.07) is 5.42. The number of anilines is 1. The number of nitrogens with one attached hydrogen (secondary N) is 1. The average molecular weight is 337 g/mol. The van der Waals surface area contributed by atoms with Crippen LogP contribution in [-0.2, 0) is 14.8 Å². The standard InChI is InChI=1S/C15H19N3O4S/c1-17(2)23(21,22)12-7-5-6-11(10-12)18-13(19)15(16-14(18)20)8-3-4-9-15/h5-7,10H,3-4,8-9H2,1-2H3,(H,16,20). The van der Waals surface area contributed by atoms with Crippen LogP contribution in [0.2, 0.25) is 0 Å². The van der Waals surface area contributed by atoms with Crippen molar-refractivity contribution < 1.29 is 18.0 Å². The Morgan fingerprint density at radius 3 is 2.43 bits per heavy atom. The Balaban J connectivity index is 2.00. The number of hydrogen-bond donors (Lipinski definition) is 1. The predicted octanol–water partition coefficient (Wildman–Crippen LogP) is 1.31. The van der Waals surface area contributed by atoms with Crippen molar-refractivity contribution in [3.05, 3.63) is 24.3 Å². The molecule has 0 aromatic heterocycles. The normalized spacial score (nSPS) is 20.6. The molecule has 1 spiro atoms. The van der Waals surface area contributed by atoms with Gasteiger partial charge >= 0.3 is 6.03 Å². The molecule has 23 heavy (non-hydrogen) atoms. The van der Waals surface area contributed by atoms with Crippen LogP contribution in [0.25, 0.3) is 0 Å². The summed E-state index contributed by atoms with van der Waals surface area (Å²) in [5, 5.41) is 2.79. The summed E-state index contributed by atoms with van der Waals surface area (Å²) in [7, 11) is -0.760. The number of carbonyl (C=O) groups excluding carboxylic acids is 2. The largest absolute Gasteiger partial charge is 0.329 e. The molecule has 3 rings (SSSR count). The van der Waals surface area contributed by atoms with Crippen molar-refractivity contribution >= 4 is 27.6 Å². The van der Waals surface area contributed by atoms with E-state index in [1.165, 1.54) is 32.3 Å². The van der Waals surface area contributed by atoms with E-state index in [0.29, 0.717) is 12.8 Å². The zero-order valence-electron chi connectivity index (χ0n) is 13.1. The molecule has 8 heteroatoms. The van der Waals surface area contributed by atoms with Crippen LogP contribution >= 0.6 is 0 Å². The summed E-state index contributed by atoms with van der Waals surface area (Å²) in [5.41, 5.74) is -0.535. The molecule has 2 fully saturated rings. The first kappa shape index (κ1) is 15.9. The van der Waals surface area contributed by atoms with Crippen LogP contribution in [0.15, 0.2) is 29.2 Å². The lowest BCUT2D eigenvalue weighted by Crippen LogP contribution is -2.44. The SMILES string of the molecule is CN(C)S(=O)(=O)c1cccc(N2C(=O)NC3(CCCC3)C2=O)c1. The summed E-state index contributed by atoms with van der Waals surface area (Å²) in [5.74, 6) is -0.292. The van der Waals surface area contributed by atoms with Crippen LogP contribution < -0.4 is 10.2 Å². The van der Waals surface area contributed by atoms with Gasteiger partial charge in [-0.2, -0.15) is 0 Å². The molecule has 1 N–H and O–H groups in total. The molecule has 1 heterocycles. The lowest BCUT2D eigenvalue weighted by Gasteiger charge is -2.20. The minimum atomic E-state index is -3.63. The van der Waals surface area contributed by atoms with E-state index < -0.39 is 21.6 Å². The second kappa shape index (κ2) is 5.31. The number of rotatable bonds is 3. The average Bonchev–Trinajstić information content (AvgIpc) is 3.05. The quantitative estimate of drug-likeness (QED) is 0.843. The van der Waals surface area contributed by atoms with Crippen molar-refractivity contribution in [3.63, 3.8) is 0 Å². The molecule has 1 aliphatic carbocycles. The van der Waals surface area contributed by atoms with Crippen molar-refractivity contribution in [2.24, 2.45) is 0 Å². The number of carbonyl (C=O) groups is 2. The number of benzene rings is 1. The maximum absolute atomic E-state index is 12.7. The van der Waals surface area contributed by atoms with E-state index in [-0.39, 0.29) is 16.5 Å². The molecule has 7 nitrogen and oxygen atoms in total. The highest BCUT2D eigenvalue weighted by Crippen LogP contribution is 2.37. The first-order valence-electron chi connectivity index (χ1n) is 7.47. The molecule has 0 unspecified atom stereocenters. The molecular formula is C15H19N3O4S. The maximum Gasteiger partial charge on any atom is 0.329 e. The summed E-state index contributed by atoms with van der Waals surface area (Å²) < 4.78 is 25.6. The fourth-order valence-electron chi connectivity index (χ4n) is 3.17.